The molecule has 0 saturated heterocycles. The van der Waals surface area contributed by atoms with Crippen LogP contribution < -0.4 is 10.6 Å². The van der Waals surface area contributed by atoms with Crippen molar-refractivity contribution in [2.24, 2.45) is 0 Å². The van der Waals surface area contributed by atoms with E-state index >= 15 is 0 Å². The standard InChI is InChI=1S/C23H23N3O3/c1-14-11-18(23(28)29)6-8-20(14)17-7-9-22(26-16(3)27)21(12-17)15(2)25-19-5-4-10-24-13-19/h4-13,15,25H,1-3H3,(H,26,27)(H,28,29). The zero-order valence-corrected chi connectivity index (χ0v) is 16.6. The highest BCUT2D eigenvalue weighted by molar-refractivity contribution is 5.91. The van der Waals surface area contributed by atoms with E-state index in [1.165, 1.54) is 6.92 Å². The lowest BCUT2D eigenvalue weighted by Gasteiger charge is -2.21. The number of pyridine rings is 1. The number of hydrogen-bond acceptors (Lipinski definition) is 4. The lowest BCUT2D eigenvalue weighted by atomic mass is 9.94. The molecule has 0 fully saturated rings. The molecule has 3 aromatic rings. The Morgan fingerprint density at radius 3 is 2.52 bits per heavy atom. The molecule has 1 heterocycles. The van der Waals surface area contributed by atoms with Crippen molar-refractivity contribution in [3.05, 3.63) is 77.6 Å². The van der Waals surface area contributed by atoms with E-state index in [9.17, 15) is 14.7 Å². The van der Waals surface area contributed by atoms with Crippen LogP contribution in [0.25, 0.3) is 11.1 Å². The van der Waals surface area contributed by atoms with E-state index in [1.54, 1.807) is 24.5 Å². The third kappa shape index (κ3) is 4.79. The average Bonchev–Trinajstić information content (AvgIpc) is 2.68. The van der Waals surface area contributed by atoms with Crippen LogP contribution in [0.15, 0.2) is 60.9 Å². The summed E-state index contributed by atoms with van der Waals surface area (Å²) in [5.41, 5.74) is 5.54. The molecule has 3 rings (SSSR count). The number of carbonyl (C=O) groups excluding carboxylic acids is 1. The summed E-state index contributed by atoms with van der Waals surface area (Å²) in [6.45, 7) is 5.38. The number of carboxylic acid groups (broad SMARTS) is 1. The second-order valence-corrected chi connectivity index (χ2v) is 6.93. The third-order valence-corrected chi connectivity index (χ3v) is 4.66. The summed E-state index contributed by atoms with van der Waals surface area (Å²) in [4.78, 5) is 27.0. The first-order chi connectivity index (χ1) is 13.8. The number of hydrogen-bond donors (Lipinski definition) is 3. The van der Waals surface area contributed by atoms with E-state index in [-0.39, 0.29) is 17.5 Å². The summed E-state index contributed by atoms with van der Waals surface area (Å²) in [6, 6.07) is 14.6. The summed E-state index contributed by atoms with van der Waals surface area (Å²) >= 11 is 0. The molecule has 148 valence electrons. The summed E-state index contributed by atoms with van der Waals surface area (Å²) in [5.74, 6) is -1.09. The largest absolute Gasteiger partial charge is 0.478 e. The van der Waals surface area contributed by atoms with Crippen molar-refractivity contribution < 1.29 is 14.7 Å². The van der Waals surface area contributed by atoms with Gasteiger partial charge in [0.2, 0.25) is 5.91 Å². The smallest absolute Gasteiger partial charge is 0.335 e. The van der Waals surface area contributed by atoms with Crippen molar-refractivity contribution in [2.75, 3.05) is 10.6 Å². The van der Waals surface area contributed by atoms with Crippen molar-refractivity contribution in [3.63, 3.8) is 0 Å². The molecule has 2 aromatic carbocycles. The number of benzene rings is 2. The lowest BCUT2D eigenvalue weighted by Crippen LogP contribution is -2.13. The number of carbonyl (C=O) groups is 2. The highest BCUT2D eigenvalue weighted by Gasteiger charge is 2.15. The number of nitrogens with one attached hydrogen (secondary N) is 2. The van der Waals surface area contributed by atoms with Gasteiger partial charge in [-0.2, -0.15) is 0 Å². The van der Waals surface area contributed by atoms with Gasteiger partial charge in [0.05, 0.1) is 17.3 Å². The Bertz CT molecular complexity index is 1050. The minimum atomic E-state index is -0.948. The van der Waals surface area contributed by atoms with E-state index in [2.05, 4.69) is 15.6 Å². The van der Waals surface area contributed by atoms with Gasteiger partial charge in [-0.25, -0.2) is 4.79 Å². The van der Waals surface area contributed by atoms with Gasteiger partial charge in [0, 0.05) is 25.0 Å². The Kier molecular flexibility index (Phi) is 5.93. The van der Waals surface area contributed by atoms with E-state index < -0.39 is 5.97 Å². The maximum Gasteiger partial charge on any atom is 0.335 e. The Labute approximate surface area is 169 Å². The van der Waals surface area contributed by atoms with Gasteiger partial charge in [0.25, 0.3) is 0 Å². The summed E-state index contributed by atoms with van der Waals surface area (Å²) in [6.07, 6.45) is 3.45. The van der Waals surface area contributed by atoms with Crippen molar-refractivity contribution in [2.45, 2.75) is 26.8 Å². The van der Waals surface area contributed by atoms with E-state index in [1.807, 2.05) is 50.2 Å². The summed E-state index contributed by atoms with van der Waals surface area (Å²) in [5, 5.41) is 15.5. The zero-order valence-electron chi connectivity index (χ0n) is 16.6. The van der Waals surface area contributed by atoms with Crippen LogP contribution in [-0.4, -0.2) is 22.0 Å². The number of amides is 1. The molecule has 0 bridgehead atoms. The van der Waals surface area contributed by atoms with Gasteiger partial charge in [0.1, 0.15) is 0 Å². The minimum absolute atomic E-state index is 0.0976. The first kappa shape index (κ1) is 20.1. The molecule has 0 spiro atoms. The van der Waals surface area contributed by atoms with Gasteiger partial charge >= 0.3 is 5.97 Å². The number of anilines is 2. The van der Waals surface area contributed by atoms with Crippen LogP contribution in [0.5, 0.6) is 0 Å². The second-order valence-electron chi connectivity index (χ2n) is 6.93. The van der Waals surface area contributed by atoms with Gasteiger partial charge < -0.3 is 15.7 Å². The number of aromatic nitrogens is 1. The molecular weight excluding hydrogens is 366 g/mol. The highest BCUT2D eigenvalue weighted by atomic mass is 16.4. The SMILES string of the molecule is CC(=O)Nc1ccc(-c2ccc(C(=O)O)cc2C)cc1C(C)Nc1cccnc1. The van der Waals surface area contributed by atoms with Crippen LogP contribution in [0.2, 0.25) is 0 Å². The number of rotatable bonds is 6. The number of aryl methyl sites for hydroxylation is 1. The molecule has 1 unspecified atom stereocenters. The molecule has 0 aliphatic carbocycles. The van der Waals surface area contributed by atoms with Crippen LogP contribution in [0.4, 0.5) is 11.4 Å². The molecule has 1 atom stereocenters. The van der Waals surface area contributed by atoms with Crippen LogP contribution >= 0.6 is 0 Å². The monoisotopic (exact) mass is 389 g/mol. The molecule has 1 aromatic heterocycles. The molecule has 6 heteroatoms. The van der Waals surface area contributed by atoms with Gasteiger partial charge in [-0.1, -0.05) is 12.1 Å². The summed E-state index contributed by atoms with van der Waals surface area (Å²) in [7, 11) is 0. The van der Waals surface area contributed by atoms with Gasteiger partial charge in [-0.15, -0.1) is 0 Å². The fourth-order valence-electron chi connectivity index (χ4n) is 3.29. The van der Waals surface area contributed by atoms with Crippen molar-refractivity contribution in [3.8, 4) is 11.1 Å². The molecule has 0 saturated carbocycles. The molecular formula is C23H23N3O3. The van der Waals surface area contributed by atoms with Crippen LogP contribution in [0.3, 0.4) is 0 Å². The van der Waals surface area contributed by atoms with Gasteiger partial charge in [-0.05, 0) is 72.5 Å². The molecule has 0 aliphatic rings. The topological polar surface area (TPSA) is 91.3 Å². The first-order valence-electron chi connectivity index (χ1n) is 9.27. The Hall–Kier alpha value is -3.67. The molecule has 6 nitrogen and oxygen atoms in total. The minimum Gasteiger partial charge on any atom is -0.478 e. The Morgan fingerprint density at radius 1 is 1.10 bits per heavy atom. The van der Waals surface area contributed by atoms with Gasteiger partial charge in [0.15, 0.2) is 0 Å². The summed E-state index contributed by atoms with van der Waals surface area (Å²) < 4.78 is 0. The highest BCUT2D eigenvalue weighted by Crippen LogP contribution is 2.32. The quantitative estimate of drug-likeness (QED) is 0.558. The number of aromatic carboxylic acids is 1. The molecule has 1 amide bonds. The molecule has 3 N–H and O–H groups in total. The predicted octanol–water partition coefficient (Wildman–Crippen LogP) is 4.89. The third-order valence-electron chi connectivity index (χ3n) is 4.66. The van der Waals surface area contributed by atoms with Crippen LogP contribution in [-0.2, 0) is 4.79 Å². The average molecular weight is 389 g/mol. The Balaban J connectivity index is 2.01. The predicted molar refractivity (Wildman–Crippen MR) is 114 cm³/mol. The maximum atomic E-state index is 11.7. The molecule has 0 radical (unpaired) electrons. The van der Waals surface area contributed by atoms with Crippen molar-refractivity contribution in [1.82, 2.24) is 4.98 Å². The lowest BCUT2D eigenvalue weighted by molar-refractivity contribution is -0.114. The van der Waals surface area contributed by atoms with E-state index in [0.717, 1.165) is 33.6 Å². The zero-order chi connectivity index (χ0) is 21.0. The maximum absolute atomic E-state index is 11.7. The number of nitrogens with zero attached hydrogens (tertiary/aromatic N) is 1. The fourth-order valence-corrected chi connectivity index (χ4v) is 3.29. The van der Waals surface area contributed by atoms with E-state index in [4.69, 9.17) is 0 Å². The van der Waals surface area contributed by atoms with Crippen LogP contribution in [0, 0.1) is 6.92 Å². The molecule has 29 heavy (non-hydrogen) atoms. The fraction of sp³-hybridized carbons (Fsp3) is 0.174. The van der Waals surface area contributed by atoms with Crippen LogP contribution in [0.1, 0.15) is 41.4 Å². The molecule has 0 aliphatic heterocycles. The second kappa shape index (κ2) is 8.56. The number of carboxylic acids is 1. The normalized spacial score (nSPS) is 11.6. The van der Waals surface area contributed by atoms with Gasteiger partial charge in [-0.3, -0.25) is 9.78 Å². The van der Waals surface area contributed by atoms with E-state index in [0.29, 0.717) is 0 Å². The van der Waals surface area contributed by atoms with Crippen molar-refractivity contribution in [1.29, 1.82) is 0 Å². The van der Waals surface area contributed by atoms with Crippen molar-refractivity contribution >= 4 is 23.3 Å². The Morgan fingerprint density at radius 2 is 1.90 bits per heavy atom. The first-order valence-corrected chi connectivity index (χ1v) is 9.27.